The average Bonchev–Trinajstić information content (AvgIpc) is 3.37. The maximum absolute atomic E-state index is 12.9. The Morgan fingerprint density at radius 3 is 2.12 bits per heavy atom. The lowest BCUT2D eigenvalue weighted by molar-refractivity contribution is -0.249. The van der Waals surface area contributed by atoms with Crippen molar-refractivity contribution in [2.75, 3.05) is 6.61 Å². The maximum Gasteiger partial charge on any atom is 0.309 e. The normalized spacial score (nSPS) is 59.9. The van der Waals surface area contributed by atoms with E-state index in [0.29, 0.717) is 23.7 Å². The summed E-state index contributed by atoms with van der Waals surface area (Å²) in [4.78, 5) is 12.9. The van der Waals surface area contributed by atoms with Crippen molar-refractivity contribution in [1.29, 1.82) is 0 Å². The van der Waals surface area contributed by atoms with E-state index in [1.54, 1.807) is 0 Å². The van der Waals surface area contributed by atoms with Crippen LogP contribution in [0.5, 0.6) is 0 Å². The van der Waals surface area contributed by atoms with Gasteiger partial charge in [0.25, 0.3) is 0 Å². The SMILES string of the molecule is CC1(C)[C@@H](O)CC[C@]2(C)[C@H]3CC[C@@H]4[C@H]5[C@H]([C@]6(C)CO6)CC[C@]5(C(=O)O)CC[C@@]4(C)[C@]3(C)CC[C@@H]12. The monoisotopic (exact) mass is 472 g/mol. The number of fused-ring (bicyclic) bond motifs is 7. The van der Waals surface area contributed by atoms with Crippen LogP contribution in [-0.4, -0.2) is 34.5 Å². The number of carbonyl (C=O) groups is 1. The van der Waals surface area contributed by atoms with Crippen molar-refractivity contribution in [3.05, 3.63) is 0 Å². The molecule has 4 heteroatoms. The second-order valence-corrected chi connectivity index (χ2v) is 15.3. The standard InChI is InChI=1S/C30H48O4/c1-25(2)20-10-13-28(5)21(26(20,3)12-11-22(25)31)8-7-18-23-19(29(6)17-34-29)9-14-30(23,24(32)33)16-15-27(18,28)4/h18-23,31H,7-17H2,1-6H3,(H,32,33)/t18-,19-,20+,21-,22+,23+,26+,27-,28-,29+,30+/m1/s1. The predicted octanol–water partition coefficient (Wildman–Crippen LogP) is 6.30. The third-order valence-corrected chi connectivity index (χ3v) is 14.2. The van der Waals surface area contributed by atoms with Crippen LogP contribution in [0.1, 0.15) is 106 Å². The van der Waals surface area contributed by atoms with E-state index >= 15 is 0 Å². The van der Waals surface area contributed by atoms with E-state index in [9.17, 15) is 15.0 Å². The van der Waals surface area contributed by atoms with Gasteiger partial charge in [0.05, 0.1) is 23.7 Å². The van der Waals surface area contributed by atoms with Crippen molar-refractivity contribution in [3.63, 3.8) is 0 Å². The summed E-state index contributed by atoms with van der Waals surface area (Å²) < 4.78 is 6.00. The number of rotatable bonds is 2. The highest BCUT2D eigenvalue weighted by Crippen LogP contribution is 2.78. The molecule has 1 saturated heterocycles. The van der Waals surface area contributed by atoms with Crippen molar-refractivity contribution in [2.24, 2.45) is 56.7 Å². The van der Waals surface area contributed by atoms with Gasteiger partial charge in [0.1, 0.15) is 0 Å². The summed E-state index contributed by atoms with van der Waals surface area (Å²) in [6.45, 7) is 15.4. The van der Waals surface area contributed by atoms with Crippen LogP contribution in [-0.2, 0) is 9.53 Å². The molecule has 2 N–H and O–H groups in total. The van der Waals surface area contributed by atoms with Crippen LogP contribution in [0, 0.1) is 56.7 Å². The summed E-state index contributed by atoms with van der Waals surface area (Å²) in [7, 11) is 0. The van der Waals surface area contributed by atoms with Gasteiger partial charge in [0, 0.05) is 0 Å². The molecule has 11 atom stereocenters. The zero-order valence-corrected chi connectivity index (χ0v) is 22.5. The van der Waals surface area contributed by atoms with Crippen LogP contribution < -0.4 is 0 Å². The molecule has 4 nitrogen and oxygen atoms in total. The summed E-state index contributed by atoms with van der Waals surface area (Å²) in [5.41, 5.74) is 0.0393. The first-order valence-corrected chi connectivity index (χ1v) is 14.3. The van der Waals surface area contributed by atoms with Gasteiger partial charge in [0.15, 0.2) is 0 Å². The lowest BCUT2D eigenvalue weighted by Gasteiger charge is -2.72. The molecular weight excluding hydrogens is 424 g/mol. The topological polar surface area (TPSA) is 70.1 Å². The van der Waals surface area contributed by atoms with Crippen LogP contribution in [0.4, 0.5) is 0 Å². The van der Waals surface area contributed by atoms with Gasteiger partial charge in [-0.15, -0.1) is 0 Å². The number of aliphatic hydroxyl groups is 1. The summed E-state index contributed by atoms with van der Waals surface area (Å²) in [5.74, 6) is 1.83. The number of hydrogen-bond acceptors (Lipinski definition) is 3. The largest absolute Gasteiger partial charge is 0.481 e. The van der Waals surface area contributed by atoms with E-state index in [0.717, 1.165) is 45.1 Å². The van der Waals surface area contributed by atoms with Gasteiger partial charge in [-0.25, -0.2) is 0 Å². The highest BCUT2D eigenvalue weighted by Gasteiger charge is 2.73. The van der Waals surface area contributed by atoms with Crippen molar-refractivity contribution < 1.29 is 19.7 Å². The third-order valence-electron chi connectivity index (χ3n) is 14.2. The quantitative estimate of drug-likeness (QED) is 0.463. The molecule has 1 heterocycles. The second-order valence-electron chi connectivity index (χ2n) is 15.3. The van der Waals surface area contributed by atoms with Crippen LogP contribution in [0.15, 0.2) is 0 Å². The van der Waals surface area contributed by atoms with Gasteiger partial charge in [-0.3, -0.25) is 4.79 Å². The minimum absolute atomic E-state index is 0.0223. The van der Waals surface area contributed by atoms with Crippen LogP contribution >= 0.6 is 0 Å². The van der Waals surface area contributed by atoms with E-state index < -0.39 is 11.4 Å². The minimum Gasteiger partial charge on any atom is -0.481 e. The fraction of sp³-hybridized carbons (Fsp3) is 0.967. The Kier molecular flexibility index (Phi) is 4.77. The van der Waals surface area contributed by atoms with Crippen molar-refractivity contribution in [2.45, 2.75) is 117 Å². The number of carboxylic acid groups (broad SMARTS) is 1. The van der Waals surface area contributed by atoms with Crippen LogP contribution in [0.2, 0.25) is 0 Å². The number of aliphatic carboxylic acids is 1. The van der Waals surface area contributed by atoms with Gasteiger partial charge in [-0.2, -0.15) is 0 Å². The molecule has 6 fully saturated rings. The third kappa shape index (κ3) is 2.61. The molecule has 0 radical (unpaired) electrons. The minimum atomic E-state index is -0.537. The van der Waals surface area contributed by atoms with E-state index in [1.807, 2.05) is 0 Å². The molecule has 5 aliphatic carbocycles. The first kappa shape index (κ1) is 23.8. The Morgan fingerprint density at radius 2 is 1.47 bits per heavy atom. The van der Waals surface area contributed by atoms with Crippen molar-refractivity contribution in [1.82, 2.24) is 0 Å². The Hall–Kier alpha value is -0.610. The maximum atomic E-state index is 12.9. The van der Waals surface area contributed by atoms with Gasteiger partial charge < -0.3 is 14.9 Å². The zero-order valence-electron chi connectivity index (χ0n) is 22.5. The molecule has 1 aliphatic heterocycles. The zero-order chi connectivity index (χ0) is 24.5. The predicted molar refractivity (Wildman–Crippen MR) is 132 cm³/mol. The van der Waals surface area contributed by atoms with Crippen molar-refractivity contribution >= 4 is 5.97 Å². The molecule has 192 valence electrons. The van der Waals surface area contributed by atoms with Crippen LogP contribution in [0.3, 0.4) is 0 Å². The molecule has 34 heavy (non-hydrogen) atoms. The van der Waals surface area contributed by atoms with Gasteiger partial charge in [-0.05, 0) is 122 Å². The average molecular weight is 473 g/mol. The smallest absolute Gasteiger partial charge is 0.309 e. The Labute approximate surface area is 206 Å². The van der Waals surface area contributed by atoms with Gasteiger partial charge >= 0.3 is 5.97 Å². The van der Waals surface area contributed by atoms with E-state index in [4.69, 9.17) is 4.74 Å². The molecule has 0 bridgehead atoms. The Balaban J connectivity index is 1.41. The number of carboxylic acids is 1. The van der Waals surface area contributed by atoms with E-state index in [2.05, 4.69) is 41.5 Å². The highest BCUT2D eigenvalue weighted by molar-refractivity contribution is 5.76. The second kappa shape index (κ2) is 6.82. The summed E-state index contributed by atoms with van der Waals surface area (Å²) in [5, 5.41) is 21.5. The fourth-order valence-electron chi connectivity index (χ4n) is 12.0. The summed E-state index contributed by atoms with van der Waals surface area (Å²) in [6, 6.07) is 0. The van der Waals surface area contributed by atoms with Gasteiger partial charge in [0.2, 0.25) is 0 Å². The first-order valence-electron chi connectivity index (χ1n) is 14.3. The summed E-state index contributed by atoms with van der Waals surface area (Å²) >= 11 is 0. The number of aliphatic hydroxyl groups excluding tert-OH is 1. The molecule has 0 aromatic rings. The molecule has 0 amide bonds. The lowest BCUT2D eigenvalue weighted by atomic mass is 9.32. The first-order chi connectivity index (χ1) is 15.8. The fourth-order valence-corrected chi connectivity index (χ4v) is 12.0. The molecule has 5 saturated carbocycles. The van der Waals surface area contributed by atoms with E-state index in [-0.39, 0.29) is 39.3 Å². The number of ether oxygens (including phenoxy) is 1. The number of epoxide rings is 1. The summed E-state index contributed by atoms with van der Waals surface area (Å²) in [6.07, 6.45) is 10.5. The molecular formula is C30H48O4. The Bertz CT molecular complexity index is 892. The lowest BCUT2D eigenvalue weighted by Crippen LogP contribution is -2.67. The molecule has 0 unspecified atom stereocenters. The van der Waals surface area contributed by atoms with Crippen molar-refractivity contribution in [3.8, 4) is 0 Å². The molecule has 6 aliphatic rings. The van der Waals surface area contributed by atoms with Crippen LogP contribution in [0.25, 0.3) is 0 Å². The Morgan fingerprint density at radius 1 is 0.765 bits per heavy atom. The molecule has 0 spiro atoms. The number of hydrogen-bond donors (Lipinski definition) is 2. The van der Waals surface area contributed by atoms with Gasteiger partial charge in [-0.1, -0.05) is 34.6 Å². The molecule has 0 aromatic heterocycles. The highest BCUT2D eigenvalue weighted by atomic mass is 16.6. The van der Waals surface area contributed by atoms with E-state index in [1.165, 1.54) is 25.7 Å². The molecule has 6 rings (SSSR count). The molecule has 0 aromatic carbocycles.